The van der Waals surface area contributed by atoms with E-state index in [2.05, 4.69) is 4.98 Å². The maximum absolute atomic E-state index is 12.5. The second kappa shape index (κ2) is 5.27. The molecule has 0 saturated carbocycles. The molecule has 0 N–H and O–H groups in total. The van der Waals surface area contributed by atoms with E-state index in [9.17, 15) is 4.79 Å². The second-order valence-electron chi connectivity index (χ2n) is 5.46. The fourth-order valence-electron chi connectivity index (χ4n) is 2.38. The van der Waals surface area contributed by atoms with Gasteiger partial charge in [-0.1, -0.05) is 6.07 Å². The molecule has 2 rings (SSSR count). The third-order valence-corrected chi connectivity index (χ3v) is 4.16. The minimum absolute atomic E-state index is 0.142. The monoisotopic (exact) mass is 266 g/mol. The standard InChI is InChI=1S/C14H19ClN2O/c1-14(2,10-15)13(18)17-8-4-6-12(17)11-5-3-7-16-9-11/h3,5,7,9,12H,4,6,8,10H2,1-2H3. The molecule has 0 radical (unpaired) electrons. The van der Waals surface area contributed by atoms with Gasteiger partial charge in [0.15, 0.2) is 0 Å². The molecule has 18 heavy (non-hydrogen) atoms. The fourth-order valence-corrected chi connectivity index (χ4v) is 2.49. The van der Waals surface area contributed by atoms with Gasteiger partial charge in [-0.15, -0.1) is 11.6 Å². The van der Waals surface area contributed by atoms with Crippen LogP contribution in [0, 0.1) is 5.41 Å². The molecule has 1 aromatic heterocycles. The Bertz CT molecular complexity index is 419. The smallest absolute Gasteiger partial charge is 0.229 e. The average molecular weight is 267 g/mol. The molecule has 0 aromatic carbocycles. The van der Waals surface area contributed by atoms with E-state index in [1.54, 1.807) is 6.20 Å². The van der Waals surface area contributed by atoms with Gasteiger partial charge in [-0.3, -0.25) is 9.78 Å². The van der Waals surface area contributed by atoms with Crippen LogP contribution in [0.2, 0.25) is 0 Å². The van der Waals surface area contributed by atoms with Crippen molar-refractivity contribution in [3.63, 3.8) is 0 Å². The number of aromatic nitrogens is 1. The number of carbonyl (C=O) groups is 1. The first-order valence-electron chi connectivity index (χ1n) is 6.33. The van der Waals surface area contributed by atoms with Crippen LogP contribution in [-0.4, -0.2) is 28.2 Å². The van der Waals surface area contributed by atoms with Crippen LogP contribution >= 0.6 is 11.6 Å². The van der Waals surface area contributed by atoms with Crippen molar-refractivity contribution in [1.29, 1.82) is 0 Å². The Morgan fingerprint density at radius 3 is 3.00 bits per heavy atom. The molecule has 1 aliphatic heterocycles. The van der Waals surface area contributed by atoms with Crippen molar-refractivity contribution in [3.05, 3.63) is 30.1 Å². The van der Waals surface area contributed by atoms with E-state index in [4.69, 9.17) is 11.6 Å². The number of carbonyl (C=O) groups excluding carboxylic acids is 1. The van der Waals surface area contributed by atoms with Gasteiger partial charge in [-0.25, -0.2) is 0 Å². The molecular weight excluding hydrogens is 248 g/mol. The third-order valence-electron chi connectivity index (χ3n) is 3.50. The van der Waals surface area contributed by atoms with E-state index >= 15 is 0 Å². The van der Waals surface area contributed by atoms with Crippen LogP contribution in [0.1, 0.15) is 38.3 Å². The lowest BCUT2D eigenvalue weighted by Crippen LogP contribution is -2.41. The quantitative estimate of drug-likeness (QED) is 0.788. The number of amides is 1. The zero-order valence-electron chi connectivity index (χ0n) is 10.9. The van der Waals surface area contributed by atoms with E-state index in [1.807, 2.05) is 37.1 Å². The van der Waals surface area contributed by atoms with Gasteiger partial charge < -0.3 is 4.90 Å². The highest BCUT2D eigenvalue weighted by atomic mass is 35.5. The molecule has 1 aromatic rings. The van der Waals surface area contributed by atoms with E-state index < -0.39 is 5.41 Å². The van der Waals surface area contributed by atoms with Crippen molar-refractivity contribution in [3.8, 4) is 0 Å². The van der Waals surface area contributed by atoms with Gasteiger partial charge in [0.2, 0.25) is 5.91 Å². The molecular formula is C14H19ClN2O. The minimum atomic E-state index is -0.494. The highest BCUT2D eigenvalue weighted by Crippen LogP contribution is 2.35. The Morgan fingerprint density at radius 2 is 2.39 bits per heavy atom. The number of alkyl halides is 1. The molecule has 1 fully saturated rings. The fraction of sp³-hybridized carbons (Fsp3) is 0.571. The topological polar surface area (TPSA) is 33.2 Å². The molecule has 1 unspecified atom stereocenters. The first kappa shape index (κ1) is 13.3. The van der Waals surface area contributed by atoms with E-state index in [0.29, 0.717) is 5.88 Å². The Balaban J connectivity index is 2.21. The number of pyridine rings is 1. The molecule has 1 saturated heterocycles. The summed E-state index contributed by atoms with van der Waals surface area (Å²) in [7, 11) is 0. The Kier molecular flexibility index (Phi) is 3.91. The zero-order chi connectivity index (χ0) is 13.2. The number of hydrogen-bond acceptors (Lipinski definition) is 2. The summed E-state index contributed by atoms with van der Waals surface area (Å²) in [6.45, 7) is 4.63. The second-order valence-corrected chi connectivity index (χ2v) is 5.73. The number of likely N-dealkylation sites (tertiary alicyclic amines) is 1. The predicted octanol–water partition coefficient (Wildman–Crippen LogP) is 3.01. The molecule has 2 heterocycles. The van der Waals surface area contributed by atoms with Crippen LogP contribution < -0.4 is 0 Å². The molecule has 4 heteroatoms. The van der Waals surface area contributed by atoms with Crippen LogP contribution in [-0.2, 0) is 4.79 Å². The molecule has 0 bridgehead atoms. The summed E-state index contributed by atoms with van der Waals surface area (Å²) >= 11 is 5.90. The first-order chi connectivity index (χ1) is 8.56. The van der Waals surface area contributed by atoms with Crippen molar-refractivity contribution in [2.75, 3.05) is 12.4 Å². The lowest BCUT2D eigenvalue weighted by molar-refractivity contribution is -0.140. The maximum Gasteiger partial charge on any atom is 0.229 e. The SMILES string of the molecule is CC(C)(CCl)C(=O)N1CCCC1c1cccnc1. The molecule has 98 valence electrons. The molecule has 1 amide bonds. The summed E-state index contributed by atoms with van der Waals surface area (Å²) in [5, 5.41) is 0. The number of halogens is 1. The third kappa shape index (κ3) is 2.51. The summed E-state index contributed by atoms with van der Waals surface area (Å²) in [6.07, 6.45) is 5.66. The van der Waals surface area contributed by atoms with Crippen molar-refractivity contribution in [1.82, 2.24) is 9.88 Å². The van der Waals surface area contributed by atoms with Crippen molar-refractivity contribution in [2.45, 2.75) is 32.7 Å². The van der Waals surface area contributed by atoms with Crippen LogP contribution in [0.25, 0.3) is 0 Å². The number of nitrogens with zero attached hydrogens (tertiary/aromatic N) is 2. The van der Waals surface area contributed by atoms with Gasteiger partial charge in [0.05, 0.1) is 11.5 Å². The summed E-state index contributed by atoms with van der Waals surface area (Å²) in [4.78, 5) is 18.6. The molecule has 0 spiro atoms. The normalized spacial score (nSPS) is 20.2. The zero-order valence-corrected chi connectivity index (χ0v) is 11.7. The molecule has 3 nitrogen and oxygen atoms in total. The van der Waals surface area contributed by atoms with Crippen LogP contribution in [0.3, 0.4) is 0 Å². The van der Waals surface area contributed by atoms with Gasteiger partial charge in [0.25, 0.3) is 0 Å². The van der Waals surface area contributed by atoms with Crippen LogP contribution in [0.4, 0.5) is 0 Å². The average Bonchev–Trinajstić information content (AvgIpc) is 2.87. The van der Waals surface area contributed by atoms with Crippen molar-refractivity contribution < 1.29 is 4.79 Å². The number of hydrogen-bond donors (Lipinski definition) is 0. The Morgan fingerprint density at radius 1 is 1.61 bits per heavy atom. The van der Waals surface area contributed by atoms with Gasteiger partial charge in [-0.05, 0) is 38.3 Å². The van der Waals surface area contributed by atoms with Gasteiger partial charge >= 0.3 is 0 Å². The van der Waals surface area contributed by atoms with E-state index in [1.165, 1.54) is 0 Å². The summed E-state index contributed by atoms with van der Waals surface area (Å²) < 4.78 is 0. The highest BCUT2D eigenvalue weighted by Gasteiger charge is 2.37. The van der Waals surface area contributed by atoms with Gasteiger partial charge in [0, 0.05) is 24.8 Å². The van der Waals surface area contributed by atoms with E-state index in [0.717, 1.165) is 24.9 Å². The van der Waals surface area contributed by atoms with Crippen LogP contribution in [0.15, 0.2) is 24.5 Å². The lowest BCUT2D eigenvalue weighted by Gasteiger charge is -2.32. The summed E-state index contributed by atoms with van der Waals surface area (Å²) in [5.74, 6) is 0.492. The van der Waals surface area contributed by atoms with Crippen LogP contribution in [0.5, 0.6) is 0 Å². The first-order valence-corrected chi connectivity index (χ1v) is 6.86. The molecule has 0 aliphatic carbocycles. The van der Waals surface area contributed by atoms with E-state index in [-0.39, 0.29) is 11.9 Å². The molecule has 1 aliphatic rings. The van der Waals surface area contributed by atoms with Gasteiger partial charge in [0.1, 0.15) is 0 Å². The van der Waals surface area contributed by atoms with Crippen molar-refractivity contribution in [2.24, 2.45) is 5.41 Å². The Labute approximate surface area is 113 Å². The maximum atomic E-state index is 12.5. The largest absolute Gasteiger partial charge is 0.335 e. The summed E-state index contributed by atoms with van der Waals surface area (Å²) in [5.41, 5.74) is 0.625. The summed E-state index contributed by atoms with van der Waals surface area (Å²) in [6, 6.07) is 4.12. The molecule has 1 atom stereocenters. The highest BCUT2D eigenvalue weighted by molar-refractivity contribution is 6.19. The number of rotatable bonds is 3. The van der Waals surface area contributed by atoms with Gasteiger partial charge in [-0.2, -0.15) is 0 Å². The van der Waals surface area contributed by atoms with Crippen molar-refractivity contribution >= 4 is 17.5 Å². The Hall–Kier alpha value is -1.09. The minimum Gasteiger partial charge on any atom is -0.335 e. The lowest BCUT2D eigenvalue weighted by atomic mass is 9.93. The predicted molar refractivity (Wildman–Crippen MR) is 72.4 cm³/mol.